The Balaban J connectivity index is 2.04. The number of methoxy groups -OCH3 is 3. The molecule has 0 spiro atoms. The lowest BCUT2D eigenvalue weighted by atomic mass is 10.1. The number of amides is 1. The highest BCUT2D eigenvalue weighted by Gasteiger charge is 2.21. The average molecular weight is 438 g/mol. The number of hydrogen-bond donors (Lipinski definition) is 3. The molecule has 152 valence electrons. The third-order valence-electron chi connectivity index (χ3n) is 4.08. The number of aromatic amines is 2. The molecule has 29 heavy (non-hydrogen) atoms. The lowest BCUT2D eigenvalue weighted by Gasteiger charge is -2.14. The van der Waals surface area contributed by atoms with Gasteiger partial charge in [-0.25, -0.2) is 4.79 Å². The molecule has 0 aliphatic carbocycles. The van der Waals surface area contributed by atoms with Crippen LogP contribution in [0.5, 0.6) is 17.2 Å². The molecule has 10 heteroatoms. The third kappa shape index (κ3) is 4.18. The van der Waals surface area contributed by atoms with Crippen LogP contribution < -0.4 is 25.2 Å². The summed E-state index contributed by atoms with van der Waals surface area (Å²) in [5.74, 6) is 0.586. The second kappa shape index (κ2) is 8.50. The van der Waals surface area contributed by atoms with Crippen molar-refractivity contribution in [3.63, 3.8) is 0 Å². The lowest BCUT2D eigenvalue weighted by Crippen LogP contribution is -2.14. The van der Waals surface area contributed by atoms with E-state index < -0.39 is 11.6 Å². The van der Waals surface area contributed by atoms with Crippen molar-refractivity contribution in [3.8, 4) is 28.5 Å². The van der Waals surface area contributed by atoms with Crippen molar-refractivity contribution >= 4 is 34.8 Å². The van der Waals surface area contributed by atoms with Crippen LogP contribution in [0.15, 0.2) is 35.1 Å². The van der Waals surface area contributed by atoms with Gasteiger partial charge in [-0.3, -0.25) is 4.79 Å². The molecule has 3 rings (SSSR count). The summed E-state index contributed by atoms with van der Waals surface area (Å²) >= 11 is 11.9. The van der Waals surface area contributed by atoms with Gasteiger partial charge in [0.25, 0.3) is 5.91 Å². The fourth-order valence-electron chi connectivity index (χ4n) is 2.76. The fourth-order valence-corrected chi connectivity index (χ4v) is 3.06. The van der Waals surface area contributed by atoms with E-state index in [4.69, 9.17) is 37.4 Å². The molecule has 0 aliphatic heterocycles. The van der Waals surface area contributed by atoms with Crippen LogP contribution in [0.3, 0.4) is 0 Å². The zero-order valence-electron chi connectivity index (χ0n) is 15.7. The van der Waals surface area contributed by atoms with Crippen LogP contribution in [0, 0.1) is 0 Å². The van der Waals surface area contributed by atoms with Gasteiger partial charge < -0.3 is 29.5 Å². The topological polar surface area (TPSA) is 105 Å². The first-order valence-electron chi connectivity index (χ1n) is 8.27. The summed E-state index contributed by atoms with van der Waals surface area (Å²) in [4.78, 5) is 29.9. The van der Waals surface area contributed by atoms with E-state index in [9.17, 15) is 9.59 Å². The van der Waals surface area contributed by atoms with E-state index in [1.54, 1.807) is 24.3 Å². The van der Waals surface area contributed by atoms with Gasteiger partial charge in [0.15, 0.2) is 11.5 Å². The molecule has 0 atom stereocenters. The number of carbonyl (C=O) groups excluding carboxylic acids is 1. The van der Waals surface area contributed by atoms with Gasteiger partial charge in [-0.15, -0.1) is 0 Å². The van der Waals surface area contributed by atoms with Crippen LogP contribution >= 0.6 is 23.2 Å². The SMILES string of the molecule is COc1cc(-c2[nH]c(=O)[nH]c2C(=O)Nc2ccc(Cl)c(Cl)c2)cc(OC)c1OC. The molecule has 0 aliphatic rings. The van der Waals surface area contributed by atoms with E-state index in [-0.39, 0.29) is 16.4 Å². The van der Waals surface area contributed by atoms with Crippen molar-refractivity contribution in [2.45, 2.75) is 0 Å². The molecule has 1 heterocycles. The Hall–Kier alpha value is -3.10. The molecule has 3 N–H and O–H groups in total. The monoisotopic (exact) mass is 437 g/mol. The zero-order chi connectivity index (χ0) is 21.1. The van der Waals surface area contributed by atoms with Crippen LogP contribution in [-0.4, -0.2) is 37.2 Å². The maximum Gasteiger partial charge on any atom is 0.323 e. The Morgan fingerprint density at radius 3 is 2.14 bits per heavy atom. The first-order valence-corrected chi connectivity index (χ1v) is 9.02. The molecule has 0 saturated carbocycles. The van der Waals surface area contributed by atoms with Crippen LogP contribution in [0.4, 0.5) is 5.69 Å². The summed E-state index contributed by atoms with van der Waals surface area (Å²) < 4.78 is 16.0. The number of ether oxygens (including phenoxy) is 3. The Bertz CT molecular complexity index is 1100. The standard InChI is InChI=1S/C19H17Cl2N3O5/c1-27-13-6-9(7-14(28-2)17(13)29-3)15-16(24-19(26)23-15)18(25)22-10-4-5-11(20)12(21)8-10/h4-8H,1-3H3,(H,22,25)(H2,23,24,26). The minimum absolute atomic E-state index is 0.0235. The van der Waals surface area contributed by atoms with Gasteiger partial charge in [-0.2, -0.15) is 0 Å². The molecule has 1 amide bonds. The maximum atomic E-state index is 12.8. The highest BCUT2D eigenvalue weighted by molar-refractivity contribution is 6.42. The van der Waals surface area contributed by atoms with E-state index in [2.05, 4.69) is 15.3 Å². The highest BCUT2D eigenvalue weighted by Crippen LogP contribution is 2.41. The molecular weight excluding hydrogens is 421 g/mol. The normalized spacial score (nSPS) is 10.5. The number of aromatic nitrogens is 2. The van der Waals surface area contributed by atoms with Gasteiger partial charge >= 0.3 is 5.69 Å². The largest absolute Gasteiger partial charge is 0.493 e. The molecule has 3 aromatic rings. The number of hydrogen-bond acceptors (Lipinski definition) is 5. The molecule has 0 unspecified atom stereocenters. The summed E-state index contributed by atoms with van der Waals surface area (Å²) in [7, 11) is 4.42. The number of carbonyl (C=O) groups is 1. The Labute approximate surface area is 175 Å². The van der Waals surface area contributed by atoms with Crippen molar-refractivity contribution in [2.24, 2.45) is 0 Å². The number of imidazole rings is 1. The Morgan fingerprint density at radius 1 is 0.931 bits per heavy atom. The predicted molar refractivity (Wildman–Crippen MR) is 111 cm³/mol. The molecule has 2 aromatic carbocycles. The van der Waals surface area contributed by atoms with Crippen molar-refractivity contribution in [1.29, 1.82) is 0 Å². The van der Waals surface area contributed by atoms with Crippen molar-refractivity contribution < 1.29 is 19.0 Å². The quantitative estimate of drug-likeness (QED) is 0.541. The van der Waals surface area contributed by atoms with Gasteiger partial charge in [0.2, 0.25) is 5.75 Å². The number of rotatable bonds is 6. The molecule has 0 fully saturated rings. The third-order valence-corrected chi connectivity index (χ3v) is 4.82. The molecule has 0 radical (unpaired) electrons. The molecule has 0 bridgehead atoms. The van der Waals surface area contributed by atoms with Gasteiger partial charge in [0.1, 0.15) is 5.69 Å². The van der Waals surface area contributed by atoms with Crippen molar-refractivity contribution in [2.75, 3.05) is 26.6 Å². The van der Waals surface area contributed by atoms with E-state index in [1.807, 2.05) is 0 Å². The number of benzene rings is 2. The summed E-state index contributed by atoms with van der Waals surface area (Å²) in [6, 6.07) is 7.90. The summed E-state index contributed by atoms with van der Waals surface area (Å²) in [5.41, 5.74) is 0.634. The number of H-pyrrole nitrogens is 2. The van der Waals surface area contributed by atoms with E-state index in [0.29, 0.717) is 33.5 Å². The zero-order valence-corrected chi connectivity index (χ0v) is 17.2. The molecular formula is C19H17Cl2N3O5. The second-order valence-electron chi connectivity index (χ2n) is 5.83. The number of nitrogens with one attached hydrogen (secondary N) is 3. The first kappa shape index (κ1) is 20.6. The van der Waals surface area contributed by atoms with Gasteiger partial charge in [0, 0.05) is 11.3 Å². The minimum Gasteiger partial charge on any atom is -0.493 e. The predicted octanol–water partition coefficient (Wildman–Crippen LogP) is 3.95. The van der Waals surface area contributed by atoms with Gasteiger partial charge in [-0.05, 0) is 30.3 Å². The minimum atomic E-state index is -0.550. The lowest BCUT2D eigenvalue weighted by molar-refractivity contribution is 0.102. The summed E-state index contributed by atoms with van der Waals surface area (Å²) in [6.45, 7) is 0. The van der Waals surface area contributed by atoms with Crippen LogP contribution in [0.2, 0.25) is 10.0 Å². The summed E-state index contributed by atoms with van der Waals surface area (Å²) in [6.07, 6.45) is 0. The molecule has 1 aromatic heterocycles. The average Bonchev–Trinajstić information content (AvgIpc) is 3.11. The Morgan fingerprint density at radius 2 is 1.59 bits per heavy atom. The van der Waals surface area contributed by atoms with Crippen molar-refractivity contribution in [3.05, 3.63) is 56.6 Å². The maximum absolute atomic E-state index is 12.8. The van der Waals surface area contributed by atoms with Crippen LogP contribution in [-0.2, 0) is 0 Å². The van der Waals surface area contributed by atoms with Gasteiger partial charge in [-0.1, -0.05) is 23.2 Å². The summed E-state index contributed by atoms with van der Waals surface area (Å²) in [5, 5.41) is 3.32. The Kier molecular flexibility index (Phi) is 6.05. The van der Waals surface area contributed by atoms with Crippen LogP contribution in [0.25, 0.3) is 11.3 Å². The smallest absolute Gasteiger partial charge is 0.323 e. The molecule has 8 nitrogen and oxygen atoms in total. The second-order valence-corrected chi connectivity index (χ2v) is 6.64. The van der Waals surface area contributed by atoms with E-state index in [0.717, 1.165) is 0 Å². The van der Waals surface area contributed by atoms with Crippen LogP contribution in [0.1, 0.15) is 10.5 Å². The fraction of sp³-hybridized carbons (Fsp3) is 0.158. The molecule has 0 saturated heterocycles. The van der Waals surface area contributed by atoms with E-state index in [1.165, 1.54) is 27.4 Å². The highest BCUT2D eigenvalue weighted by atomic mass is 35.5. The van der Waals surface area contributed by atoms with Gasteiger partial charge in [0.05, 0.1) is 37.1 Å². The van der Waals surface area contributed by atoms with Crippen molar-refractivity contribution in [1.82, 2.24) is 9.97 Å². The van der Waals surface area contributed by atoms with E-state index >= 15 is 0 Å². The first-order chi connectivity index (χ1) is 13.9. The number of halogens is 2. The number of anilines is 1.